The second-order valence-electron chi connectivity index (χ2n) is 14.7. The number of rotatable bonds is 5. The quantitative estimate of drug-likeness (QED) is 0.177. The van der Waals surface area contributed by atoms with Crippen LogP contribution >= 0.6 is 0 Å². The lowest BCUT2D eigenvalue weighted by Gasteiger charge is -2.25. The number of benzene rings is 7. The number of hydrogen-bond acceptors (Lipinski definition) is 1. The number of hydrogen-bond donors (Lipinski definition) is 0. The Labute approximate surface area is 308 Å². The van der Waals surface area contributed by atoms with Gasteiger partial charge in [-0.05, 0) is 84.4 Å². The third-order valence-electron chi connectivity index (χ3n) is 11.4. The van der Waals surface area contributed by atoms with E-state index in [4.69, 9.17) is 0 Å². The molecular formula is C49H36N4. The van der Waals surface area contributed by atoms with Gasteiger partial charge in [0.1, 0.15) is 5.65 Å². The predicted molar refractivity (Wildman–Crippen MR) is 221 cm³/mol. The zero-order valence-electron chi connectivity index (χ0n) is 29.6. The van der Waals surface area contributed by atoms with Gasteiger partial charge in [0.05, 0.1) is 22.2 Å². The van der Waals surface area contributed by atoms with Crippen molar-refractivity contribution in [2.45, 2.75) is 19.3 Å². The molecule has 1 aliphatic rings. The predicted octanol–water partition coefficient (Wildman–Crippen LogP) is 12.8. The third kappa shape index (κ3) is 4.24. The highest BCUT2D eigenvalue weighted by molar-refractivity contribution is 6.13. The van der Waals surface area contributed by atoms with Crippen LogP contribution < -0.4 is 4.90 Å². The van der Waals surface area contributed by atoms with E-state index in [9.17, 15) is 0 Å². The molecule has 11 rings (SSSR count). The summed E-state index contributed by atoms with van der Waals surface area (Å²) < 4.78 is 7.43. The molecule has 0 bridgehead atoms. The molecule has 0 fully saturated rings. The topological polar surface area (TPSA) is 18.0 Å². The zero-order chi connectivity index (χ0) is 35.3. The zero-order valence-corrected chi connectivity index (χ0v) is 29.6. The lowest BCUT2D eigenvalue weighted by molar-refractivity contribution is 0.644. The Hall–Kier alpha value is -6.78. The highest BCUT2D eigenvalue weighted by Crippen LogP contribution is 2.48. The molecule has 0 unspecified atom stereocenters. The minimum absolute atomic E-state index is 0.101. The van der Waals surface area contributed by atoms with Crippen LogP contribution in [-0.2, 0) is 5.41 Å². The smallest absolute Gasteiger partial charge is 0.130 e. The first-order chi connectivity index (χ1) is 26.1. The summed E-state index contributed by atoms with van der Waals surface area (Å²) in [4.78, 5) is 2.34. The second kappa shape index (κ2) is 11.1. The van der Waals surface area contributed by atoms with Crippen molar-refractivity contribution < 1.29 is 0 Å². The summed E-state index contributed by atoms with van der Waals surface area (Å²) in [6, 6.07) is 66.2. The Morgan fingerprint density at radius 2 is 0.981 bits per heavy atom. The highest BCUT2D eigenvalue weighted by Gasteiger charge is 2.38. The second-order valence-corrected chi connectivity index (χ2v) is 14.7. The van der Waals surface area contributed by atoms with Crippen LogP contribution in [0.3, 0.4) is 0 Å². The van der Waals surface area contributed by atoms with Crippen LogP contribution in [-0.4, -0.2) is 13.7 Å². The summed E-state index contributed by atoms with van der Waals surface area (Å²) in [6.07, 6.45) is 0. The highest BCUT2D eigenvalue weighted by atomic mass is 15.2. The normalized spacial score (nSPS) is 13.2. The van der Waals surface area contributed by atoms with E-state index in [1.807, 2.05) is 0 Å². The molecule has 1 aliphatic heterocycles. The lowest BCUT2D eigenvalue weighted by atomic mass is 9.83. The van der Waals surface area contributed by atoms with Gasteiger partial charge in [0.2, 0.25) is 0 Å². The number of para-hydroxylation sites is 5. The number of aromatic nitrogens is 3. The van der Waals surface area contributed by atoms with Gasteiger partial charge < -0.3 is 9.47 Å². The van der Waals surface area contributed by atoms with Crippen LogP contribution in [0.2, 0.25) is 0 Å². The number of nitrogens with zero attached hydrogens (tertiary/aromatic N) is 4. The van der Waals surface area contributed by atoms with Crippen molar-refractivity contribution in [2.24, 2.45) is 0 Å². The van der Waals surface area contributed by atoms with E-state index in [0.717, 1.165) is 28.4 Å². The molecule has 252 valence electrons. The summed E-state index contributed by atoms with van der Waals surface area (Å²) in [6.45, 7) is 4.71. The molecule has 53 heavy (non-hydrogen) atoms. The summed E-state index contributed by atoms with van der Waals surface area (Å²) >= 11 is 0. The fraction of sp³-hybridized carbons (Fsp3) is 0.0612. The Kier molecular flexibility index (Phi) is 6.27. The van der Waals surface area contributed by atoms with E-state index >= 15 is 0 Å². The average Bonchev–Trinajstić information content (AvgIpc) is 3.91. The first kappa shape index (κ1) is 29.9. The lowest BCUT2D eigenvalue weighted by Crippen LogP contribution is -2.15. The number of fused-ring (bicyclic) bond motifs is 10. The first-order valence-corrected chi connectivity index (χ1v) is 18.4. The van der Waals surface area contributed by atoms with Crippen molar-refractivity contribution in [1.82, 2.24) is 13.7 Å². The molecule has 0 amide bonds. The summed E-state index contributed by atoms with van der Waals surface area (Å²) in [5.41, 5.74) is 14.2. The van der Waals surface area contributed by atoms with Crippen molar-refractivity contribution in [1.29, 1.82) is 0 Å². The van der Waals surface area contributed by atoms with Gasteiger partial charge in [0, 0.05) is 61.1 Å². The molecule has 4 heteroatoms. The van der Waals surface area contributed by atoms with Gasteiger partial charge in [0.25, 0.3) is 0 Å². The molecule has 0 N–H and O–H groups in total. The largest absolute Gasteiger partial charge is 0.310 e. The van der Waals surface area contributed by atoms with Crippen LogP contribution in [0.15, 0.2) is 182 Å². The average molecular weight is 681 g/mol. The molecule has 4 nitrogen and oxygen atoms in total. The molecule has 0 atom stereocenters. The molecule has 0 radical (unpaired) electrons. The van der Waals surface area contributed by atoms with Gasteiger partial charge in [-0.25, -0.2) is 0 Å². The van der Waals surface area contributed by atoms with Crippen molar-refractivity contribution in [3.8, 4) is 17.1 Å². The van der Waals surface area contributed by atoms with E-state index in [1.165, 1.54) is 60.7 Å². The fourth-order valence-corrected chi connectivity index (χ4v) is 8.96. The van der Waals surface area contributed by atoms with Crippen LogP contribution in [0.25, 0.3) is 60.8 Å². The van der Waals surface area contributed by atoms with Gasteiger partial charge in [-0.15, -0.1) is 0 Å². The monoisotopic (exact) mass is 680 g/mol. The van der Waals surface area contributed by atoms with E-state index in [2.05, 4.69) is 214 Å². The molecule has 0 saturated heterocycles. The fourth-order valence-electron chi connectivity index (χ4n) is 8.96. The third-order valence-corrected chi connectivity index (χ3v) is 11.4. The van der Waals surface area contributed by atoms with Gasteiger partial charge in [0.15, 0.2) is 0 Å². The van der Waals surface area contributed by atoms with Crippen molar-refractivity contribution in [3.63, 3.8) is 0 Å². The Morgan fingerprint density at radius 3 is 1.72 bits per heavy atom. The standard InChI is InChI=1S/C49H36N4/c1-49(2)42-23-13-15-25-44(42)53-47(49)32-41-38-22-12-14-24-43(38)52(48(41)53)37-27-29-40-39-28-26-36(30-45(39)51(46(40)31-37)35-20-10-5-11-21-35)50(33-16-6-3-7-17-33)34-18-8-4-9-19-34/h3-32H,1-2H3. The van der Waals surface area contributed by atoms with Crippen LogP contribution in [0.5, 0.6) is 0 Å². The summed E-state index contributed by atoms with van der Waals surface area (Å²) in [5, 5.41) is 5.01. The van der Waals surface area contributed by atoms with Crippen LogP contribution in [0.4, 0.5) is 17.1 Å². The van der Waals surface area contributed by atoms with Crippen LogP contribution in [0, 0.1) is 0 Å². The van der Waals surface area contributed by atoms with Crippen molar-refractivity contribution in [3.05, 3.63) is 193 Å². The van der Waals surface area contributed by atoms with E-state index in [-0.39, 0.29) is 5.41 Å². The summed E-state index contributed by atoms with van der Waals surface area (Å²) in [7, 11) is 0. The van der Waals surface area contributed by atoms with Crippen molar-refractivity contribution >= 4 is 60.8 Å². The van der Waals surface area contributed by atoms with Crippen molar-refractivity contribution in [2.75, 3.05) is 4.90 Å². The van der Waals surface area contributed by atoms with E-state index in [0.29, 0.717) is 0 Å². The maximum absolute atomic E-state index is 2.51. The van der Waals surface area contributed by atoms with Crippen LogP contribution in [0.1, 0.15) is 25.1 Å². The Balaban J connectivity index is 1.20. The molecule has 10 aromatic rings. The number of anilines is 3. The van der Waals surface area contributed by atoms with E-state index in [1.54, 1.807) is 0 Å². The molecule has 0 aliphatic carbocycles. The van der Waals surface area contributed by atoms with Gasteiger partial charge in [-0.1, -0.05) is 117 Å². The van der Waals surface area contributed by atoms with Gasteiger partial charge in [-0.3, -0.25) is 9.13 Å². The molecule has 0 spiro atoms. The van der Waals surface area contributed by atoms with E-state index < -0.39 is 0 Å². The minimum Gasteiger partial charge on any atom is -0.310 e. The Bertz CT molecular complexity index is 2980. The minimum atomic E-state index is -0.101. The SMILES string of the molecule is CC1(C)c2ccccc2-n2c1cc1c3ccccc3n(-c3ccc4c5ccc(N(c6ccccc6)c6ccccc6)cc5n(-c5ccccc5)c4c3)c12. The first-order valence-electron chi connectivity index (χ1n) is 18.4. The summed E-state index contributed by atoms with van der Waals surface area (Å²) in [5.74, 6) is 0. The maximum atomic E-state index is 2.51. The molecule has 7 aromatic carbocycles. The molecule has 3 aromatic heterocycles. The maximum Gasteiger partial charge on any atom is 0.130 e. The van der Waals surface area contributed by atoms with Gasteiger partial charge in [-0.2, -0.15) is 0 Å². The Morgan fingerprint density at radius 1 is 0.396 bits per heavy atom. The molecule has 0 saturated carbocycles. The van der Waals surface area contributed by atoms with Gasteiger partial charge >= 0.3 is 0 Å². The molecule has 4 heterocycles. The molecular weight excluding hydrogens is 645 g/mol.